The second-order valence-electron chi connectivity index (χ2n) is 7.69. The van der Waals surface area contributed by atoms with Crippen LogP contribution in [0.2, 0.25) is 0 Å². The number of benzene rings is 1. The molecule has 0 bridgehead atoms. The average Bonchev–Trinajstić information content (AvgIpc) is 2.43. The van der Waals surface area contributed by atoms with E-state index in [1.807, 2.05) is 13.8 Å². The topological polar surface area (TPSA) is 55.4 Å². The van der Waals surface area contributed by atoms with E-state index in [0.717, 1.165) is 36.4 Å². The molecule has 0 saturated carbocycles. The fourth-order valence-electron chi connectivity index (χ4n) is 2.70. The number of nitrogens with one attached hydrogen (secondary N) is 1. The van der Waals surface area contributed by atoms with E-state index in [-0.39, 0.29) is 16.1 Å². The monoisotopic (exact) mass is 373 g/mol. The summed E-state index contributed by atoms with van der Waals surface area (Å²) in [7, 11) is 0. The Balaban J connectivity index is 2.41. The molecular weight excluding hydrogens is 348 g/mol. The zero-order chi connectivity index (χ0) is 19.3. The Kier molecular flexibility index (Phi) is 7.41. The average molecular weight is 373 g/mol. The lowest BCUT2D eigenvalue weighted by Crippen LogP contribution is -2.47. The van der Waals surface area contributed by atoms with Gasteiger partial charge in [0.25, 0.3) is 5.91 Å². The molecule has 1 amide bonds. The summed E-state index contributed by atoms with van der Waals surface area (Å²) < 4.78 is 31.4. The van der Waals surface area contributed by atoms with Gasteiger partial charge in [-0.3, -0.25) is 9.59 Å². The number of hydrogen-bond acceptors (Lipinski definition) is 4. The van der Waals surface area contributed by atoms with E-state index >= 15 is 0 Å². The van der Waals surface area contributed by atoms with Crippen molar-refractivity contribution in [2.45, 2.75) is 51.5 Å². The van der Waals surface area contributed by atoms with Crippen molar-refractivity contribution in [1.82, 2.24) is 5.32 Å². The molecule has 1 aromatic rings. The van der Waals surface area contributed by atoms with E-state index in [1.165, 1.54) is 0 Å². The van der Waals surface area contributed by atoms with Crippen molar-refractivity contribution >= 4 is 23.6 Å². The van der Waals surface area contributed by atoms with Crippen molar-refractivity contribution < 1.29 is 23.1 Å². The fraction of sp³-hybridized carbons (Fsp3) is 0.556. The Morgan fingerprint density at radius 3 is 2.40 bits per heavy atom. The number of amides is 1. The van der Waals surface area contributed by atoms with Crippen molar-refractivity contribution in [3.05, 3.63) is 29.8 Å². The Bertz CT molecular complexity index is 627. The van der Waals surface area contributed by atoms with Gasteiger partial charge in [0, 0.05) is 10.4 Å². The van der Waals surface area contributed by atoms with Crippen molar-refractivity contribution in [2.75, 3.05) is 12.4 Å². The highest BCUT2D eigenvalue weighted by molar-refractivity contribution is 8.00. The van der Waals surface area contributed by atoms with Crippen LogP contribution in [0, 0.1) is 17.0 Å². The molecule has 0 heterocycles. The van der Waals surface area contributed by atoms with Crippen LogP contribution >= 0.6 is 11.8 Å². The molecule has 0 aliphatic heterocycles. The standard InChI is InChI=1S/C18H25F2NO3S/c1-17(2,3)11-18(4,5)21-15(22)9-24-16(23)10-25-14-8-12(19)6-7-13(14)20/h6-8H,9-11H2,1-5H3,(H,21,22). The number of esters is 1. The van der Waals surface area contributed by atoms with Gasteiger partial charge in [0.15, 0.2) is 6.61 Å². The van der Waals surface area contributed by atoms with Crippen LogP contribution in [-0.2, 0) is 14.3 Å². The lowest BCUT2D eigenvalue weighted by Gasteiger charge is -2.33. The minimum atomic E-state index is -0.669. The number of rotatable bonds is 7. The van der Waals surface area contributed by atoms with E-state index < -0.39 is 35.7 Å². The SMILES string of the molecule is CC(C)(C)CC(C)(C)NC(=O)COC(=O)CSc1cc(F)ccc1F. The molecule has 1 aromatic carbocycles. The second-order valence-corrected chi connectivity index (χ2v) is 8.71. The molecule has 0 atom stereocenters. The van der Waals surface area contributed by atoms with E-state index in [4.69, 9.17) is 4.74 Å². The molecule has 1 rings (SSSR count). The normalized spacial score (nSPS) is 12.0. The van der Waals surface area contributed by atoms with Gasteiger partial charge in [-0.05, 0) is 43.9 Å². The van der Waals surface area contributed by atoms with Crippen LogP contribution in [0.4, 0.5) is 8.78 Å². The molecule has 0 aromatic heterocycles. The molecule has 0 saturated heterocycles. The smallest absolute Gasteiger partial charge is 0.316 e. The number of carbonyl (C=O) groups is 2. The summed E-state index contributed by atoms with van der Waals surface area (Å²) in [5.41, 5.74) is -0.389. The van der Waals surface area contributed by atoms with E-state index in [2.05, 4.69) is 26.1 Å². The largest absolute Gasteiger partial charge is 0.455 e. The maximum Gasteiger partial charge on any atom is 0.316 e. The van der Waals surface area contributed by atoms with Gasteiger partial charge in [-0.2, -0.15) is 0 Å². The minimum absolute atomic E-state index is 0.0210. The quantitative estimate of drug-likeness (QED) is 0.581. The summed E-state index contributed by atoms with van der Waals surface area (Å²) in [6.45, 7) is 9.62. The molecule has 140 valence electrons. The zero-order valence-corrected chi connectivity index (χ0v) is 16.1. The van der Waals surface area contributed by atoms with Gasteiger partial charge in [-0.25, -0.2) is 8.78 Å². The van der Waals surface area contributed by atoms with Crippen molar-refractivity contribution in [3.63, 3.8) is 0 Å². The molecule has 0 aliphatic rings. The van der Waals surface area contributed by atoms with Gasteiger partial charge in [0.1, 0.15) is 11.6 Å². The van der Waals surface area contributed by atoms with Gasteiger partial charge in [-0.1, -0.05) is 20.8 Å². The van der Waals surface area contributed by atoms with E-state index in [0.29, 0.717) is 0 Å². The van der Waals surface area contributed by atoms with Crippen LogP contribution in [0.25, 0.3) is 0 Å². The third-order valence-electron chi connectivity index (χ3n) is 3.05. The molecule has 1 N–H and O–H groups in total. The fourth-order valence-corrected chi connectivity index (χ4v) is 3.45. The predicted octanol–water partition coefficient (Wildman–Crippen LogP) is 3.93. The summed E-state index contributed by atoms with van der Waals surface area (Å²) in [4.78, 5) is 23.6. The lowest BCUT2D eigenvalue weighted by molar-refractivity contribution is -0.146. The maximum absolute atomic E-state index is 13.5. The second kappa shape index (κ2) is 8.65. The highest BCUT2D eigenvalue weighted by Gasteiger charge is 2.27. The van der Waals surface area contributed by atoms with Gasteiger partial charge in [0.2, 0.25) is 0 Å². The summed E-state index contributed by atoms with van der Waals surface area (Å²) in [5.74, 6) is -2.47. The third kappa shape index (κ3) is 8.86. The summed E-state index contributed by atoms with van der Waals surface area (Å²) >= 11 is 0.821. The van der Waals surface area contributed by atoms with Crippen LogP contribution in [0.15, 0.2) is 23.1 Å². The number of ether oxygens (including phenoxy) is 1. The van der Waals surface area contributed by atoms with Crippen LogP contribution in [0.5, 0.6) is 0 Å². The first-order chi connectivity index (χ1) is 11.4. The number of halogens is 2. The van der Waals surface area contributed by atoms with Gasteiger partial charge < -0.3 is 10.1 Å². The molecule has 0 radical (unpaired) electrons. The maximum atomic E-state index is 13.5. The van der Waals surface area contributed by atoms with Gasteiger partial charge in [-0.15, -0.1) is 11.8 Å². The minimum Gasteiger partial charge on any atom is -0.455 e. The van der Waals surface area contributed by atoms with Crippen molar-refractivity contribution in [3.8, 4) is 0 Å². The van der Waals surface area contributed by atoms with E-state index in [9.17, 15) is 18.4 Å². The number of hydrogen-bond donors (Lipinski definition) is 1. The Morgan fingerprint density at radius 2 is 1.80 bits per heavy atom. The van der Waals surface area contributed by atoms with Crippen LogP contribution in [-0.4, -0.2) is 29.8 Å². The third-order valence-corrected chi connectivity index (χ3v) is 4.06. The van der Waals surface area contributed by atoms with Gasteiger partial charge in [0.05, 0.1) is 5.75 Å². The van der Waals surface area contributed by atoms with Crippen LogP contribution in [0.3, 0.4) is 0 Å². The molecule has 25 heavy (non-hydrogen) atoms. The molecule has 0 aliphatic carbocycles. The highest BCUT2D eigenvalue weighted by Crippen LogP contribution is 2.26. The van der Waals surface area contributed by atoms with Gasteiger partial charge >= 0.3 is 5.97 Å². The Labute approximate surface area is 151 Å². The van der Waals surface area contributed by atoms with Crippen LogP contribution in [0.1, 0.15) is 41.0 Å². The summed E-state index contributed by atoms with van der Waals surface area (Å²) in [5, 5.41) is 2.83. The lowest BCUT2D eigenvalue weighted by atomic mass is 9.82. The Hall–Kier alpha value is -1.63. The zero-order valence-electron chi connectivity index (χ0n) is 15.2. The number of thioether (sulfide) groups is 1. The molecule has 0 fully saturated rings. The highest BCUT2D eigenvalue weighted by atomic mass is 32.2. The summed E-state index contributed by atoms with van der Waals surface area (Å²) in [6, 6.07) is 3.00. The molecule has 0 unspecified atom stereocenters. The summed E-state index contributed by atoms with van der Waals surface area (Å²) in [6.07, 6.45) is 0.758. The van der Waals surface area contributed by atoms with Crippen LogP contribution < -0.4 is 5.32 Å². The first-order valence-corrected chi connectivity index (χ1v) is 8.91. The Morgan fingerprint density at radius 1 is 1.16 bits per heavy atom. The first kappa shape index (κ1) is 21.4. The predicted molar refractivity (Wildman–Crippen MR) is 94.3 cm³/mol. The molecular formula is C18H25F2NO3S. The number of carbonyl (C=O) groups excluding carboxylic acids is 2. The first-order valence-electron chi connectivity index (χ1n) is 7.92. The molecule has 7 heteroatoms. The van der Waals surface area contributed by atoms with Crippen molar-refractivity contribution in [1.29, 1.82) is 0 Å². The molecule has 4 nitrogen and oxygen atoms in total. The van der Waals surface area contributed by atoms with E-state index in [1.54, 1.807) is 0 Å². The van der Waals surface area contributed by atoms with Crippen molar-refractivity contribution in [2.24, 2.45) is 5.41 Å². The molecule has 0 spiro atoms.